The van der Waals surface area contributed by atoms with Gasteiger partial charge in [0.1, 0.15) is 11.6 Å². The second-order valence-corrected chi connectivity index (χ2v) is 5.06. The van der Waals surface area contributed by atoms with Gasteiger partial charge in [0.2, 0.25) is 0 Å². The molecule has 0 unspecified atom stereocenters. The summed E-state index contributed by atoms with van der Waals surface area (Å²) in [5, 5.41) is 18.2. The molecule has 1 heterocycles. The lowest BCUT2D eigenvalue weighted by Gasteiger charge is -2.27. The largest absolute Gasteiger partial charge is 0.389 e. The minimum Gasteiger partial charge on any atom is -0.389 e. The van der Waals surface area contributed by atoms with Crippen molar-refractivity contribution in [2.75, 3.05) is 13.1 Å². The molecule has 98 valence electrons. The number of hydrogen-bond donors (Lipinski definition) is 1. The number of likely N-dealkylation sites (N-methyl/N-ethyl adjacent to an activating group) is 1. The molecule has 0 fully saturated rings. The Bertz CT molecular complexity index is 354. The summed E-state index contributed by atoms with van der Waals surface area (Å²) in [6, 6.07) is 0. The van der Waals surface area contributed by atoms with E-state index in [1.165, 1.54) is 0 Å². The Morgan fingerprint density at radius 3 is 2.24 bits per heavy atom. The van der Waals surface area contributed by atoms with Crippen molar-refractivity contribution in [3.05, 3.63) is 11.6 Å². The predicted molar refractivity (Wildman–Crippen MR) is 67.6 cm³/mol. The van der Waals surface area contributed by atoms with Crippen LogP contribution < -0.4 is 0 Å². The minimum atomic E-state index is -0.678. The third-order valence-corrected chi connectivity index (χ3v) is 2.79. The summed E-state index contributed by atoms with van der Waals surface area (Å²) in [6.45, 7) is 10.1. The molecule has 17 heavy (non-hydrogen) atoms. The van der Waals surface area contributed by atoms with Gasteiger partial charge in [-0.1, -0.05) is 13.8 Å². The van der Waals surface area contributed by atoms with E-state index in [1.54, 1.807) is 0 Å². The van der Waals surface area contributed by atoms with Gasteiger partial charge in [-0.15, -0.1) is 10.2 Å². The molecule has 1 rings (SSSR count). The van der Waals surface area contributed by atoms with Crippen molar-refractivity contribution in [1.82, 2.24) is 19.7 Å². The highest BCUT2D eigenvalue weighted by Gasteiger charge is 2.19. The first-order valence-corrected chi connectivity index (χ1v) is 6.19. The van der Waals surface area contributed by atoms with Crippen molar-refractivity contribution in [2.45, 2.75) is 46.3 Å². The molecule has 0 saturated heterocycles. The maximum atomic E-state index is 9.83. The molecule has 1 aromatic heterocycles. The molecule has 5 heteroatoms. The fourth-order valence-electron chi connectivity index (χ4n) is 1.87. The summed E-state index contributed by atoms with van der Waals surface area (Å²) in [7, 11) is 1.99. The molecule has 0 spiro atoms. The van der Waals surface area contributed by atoms with Crippen LogP contribution in [-0.4, -0.2) is 43.5 Å². The summed E-state index contributed by atoms with van der Waals surface area (Å²) in [6.07, 6.45) is 0.890. The van der Waals surface area contributed by atoms with Crippen molar-refractivity contribution in [3.63, 3.8) is 0 Å². The van der Waals surface area contributed by atoms with Crippen LogP contribution in [0.4, 0.5) is 0 Å². The Morgan fingerprint density at radius 1 is 1.24 bits per heavy atom. The first kappa shape index (κ1) is 14.1. The Hall–Kier alpha value is -0.940. The zero-order valence-corrected chi connectivity index (χ0v) is 11.6. The molecule has 0 aromatic carbocycles. The fraction of sp³-hybridized carbons (Fsp3) is 0.833. The van der Waals surface area contributed by atoms with E-state index in [2.05, 4.69) is 28.9 Å². The molecular formula is C12H24N4O. The van der Waals surface area contributed by atoms with Crippen LogP contribution in [0.15, 0.2) is 0 Å². The quantitative estimate of drug-likeness (QED) is 0.805. The number of nitrogens with zero attached hydrogens (tertiary/aromatic N) is 4. The van der Waals surface area contributed by atoms with E-state index in [0.29, 0.717) is 6.54 Å². The minimum absolute atomic E-state index is 0.637. The lowest BCUT2D eigenvalue weighted by molar-refractivity contribution is 0.0342. The summed E-state index contributed by atoms with van der Waals surface area (Å²) in [5.41, 5.74) is -0.678. The van der Waals surface area contributed by atoms with E-state index in [0.717, 1.165) is 31.2 Å². The highest BCUT2D eigenvalue weighted by Crippen LogP contribution is 2.09. The molecule has 0 aliphatic rings. The summed E-state index contributed by atoms with van der Waals surface area (Å²) >= 11 is 0. The normalized spacial score (nSPS) is 12.4. The molecular weight excluding hydrogens is 216 g/mol. The maximum absolute atomic E-state index is 9.83. The molecule has 1 aromatic rings. The Morgan fingerprint density at radius 2 is 1.82 bits per heavy atom. The van der Waals surface area contributed by atoms with Crippen LogP contribution in [0.5, 0.6) is 0 Å². The van der Waals surface area contributed by atoms with Gasteiger partial charge in [-0.25, -0.2) is 0 Å². The summed E-state index contributed by atoms with van der Waals surface area (Å²) in [4.78, 5) is 2.17. The van der Waals surface area contributed by atoms with Gasteiger partial charge in [0.05, 0.1) is 12.1 Å². The standard InChI is InChI=1S/C12H24N4O/c1-6-10-13-14-11(15(10)5)8-16(7-2)9-12(3,4)17/h17H,6-9H2,1-5H3. The van der Waals surface area contributed by atoms with Gasteiger partial charge in [0, 0.05) is 20.0 Å². The number of hydrogen-bond acceptors (Lipinski definition) is 4. The molecule has 0 bridgehead atoms. The van der Waals surface area contributed by atoms with E-state index >= 15 is 0 Å². The molecule has 0 atom stereocenters. The fourth-order valence-corrected chi connectivity index (χ4v) is 1.87. The van der Waals surface area contributed by atoms with Crippen LogP contribution in [0.3, 0.4) is 0 Å². The highest BCUT2D eigenvalue weighted by atomic mass is 16.3. The summed E-state index contributed by atoms with van der Waals surface area (Å²) < 4.78 is 2.03. The smallest absolute Gasteiger partial charge is 0.146 e. The molecule has 0 radical (unpaired) electrons. The molecule has 5 nitrogen and oxygen atoms in total. The van der Waals surface area contributed by atoms with Gasteiger partial charge in [0.15, 0.2) is 0 Å². The van der Waals surface area contributed by atoms with Crippen molar-refractivity contribution in [1.29, 1.82) is 0 Å². The van der Waals surface area contributed by atoms with Crippen molar-refractivity contribution < 1.29 is 5.11 Å². The molecule has 0 aliphatic heterocycles. The SMILES string of the molecule is CCc1nnc(CN(CC)CC(C)(C)O)n1C. The van der Waals surface area contributed by atoms with Crippen LogP contribution >= 0.6 is 0 Å². The van der Waals surface area contributed by atoms with E-state index in [-0.39, 0.29) is 0 Å². The molecule has 0 aliphatic carbocycles. The second-order valence-electron chi connectivity index (χ2n) is 5.06. The van der Waals surface area contributed by atoms with Crippen LogP contribution in [0.1, 0.15) is 39.3 Å². The van der Waals surface area contributed by atoms with Gasteiger partial charge in [0.25, 0.3) is 0 Å². The monoisotopic (exact) mass is 240 g/mol. The average molecular weight is 240 g/mol. The highest BCUT2D eigenvalue weighted by molar-refractivity contribution is 4.94. The average Bonchev–Trinajstić information content (AvgIpc) is 2.57. The van der Waals surface area contributed by atoms with Gasteiger partial charge in [-0.3, -0.25) is 4.90 Å². The van der Waals surface area contributed by atoms with Crippen molar-refractivity contribution >= 4 is 0 Å². The Kier molecular flexibility index (Phi) is 4.65. The van der Waals surface area contributed by atoms with Crippen LogP contribution in [0, 0.1) is 0 Å². The van der Waals surface area contributed by atoms with E-state index in [4.69, 9.17) is 0 Å². The Labute approximate surface area is 103 Å². The van der Waals surface area contributed by atoms with Crippen LogP contribution in [0.25, 0.3) is 0 Å². The number of aliphatic hydroxyl groups is 1. The topological polar surface area (TPSA) is 54.2 Å². The second kappa shape index (κ2) is 5.60. The third-order valence-electron chi connectivity index (χ3n) is 2.79. The zero-order chi connectivity index (χ0) is 13.1. The van der Waals surface area contributed by atoms with Gasteiger partial charge < -0.3 is 9.67 Å². The number of aromatic nitrogens is 3. The first-order valence-electron chi connectivity index (χ1n) is 6.19. The van der Waals surface area contributed by atoms with Gasteiger partial charge in [-0.2, -0.15) is 0 Å². The predicted octanol–water partition coefficient (Wildman–Crippen LogP) is 0.970. The van der Waals surface area contributed by atoms with Crippen LogP contribution in [-0.2, 0) is 20.0 Å². The number of aryl methyl sites for hydroxylation is 1. The van der Waals surface area contributed by atoms with E-state index < -0.39 is 5.60 Å². The Balaban J connectivity index is 2.70. The maximum Gasteiger partial charge on any atom is 0.146 e. The van der Waals surface area contributed by atoms with Crippen molar-refractivity contribution in [2.24, 2.45) is 7.05 Å². The van der Waals surface area contributed by atoms with Crippen molar-refractivity contribution in [3.8, 4) is 0 Å². The third kappa shape index (κ3) is 4.09. The van der Waals surface area contributed by atoms with E-state index in [9.17, 15) is 5.11 Å². The lowest BCUT2D eigenvalue weighted by atomic mass is 10.1. The first-order chi connectivity index (χ1) is 7.87. The van der Waals surface area contributed by atoms with Gasteiger partial charge in [-0.05, 0) is 20.4 Å². The lowest BCUT2D eigenvalue weighted by Crippen LogP contribution is -2.38. The summed E-state index contributed by atoms with van der Waals surface area (Å²) in [5.74, 6) is 1.95. The molecule has 0 saturated carbocycles. The molecule has 0 amide bonds. The van der Waals surface area contributed by atoms with Gasteiger partial charge >= 0.3 is 0 Å². The molecule has 1 N–H and O–H groups in total. The van der Waals surface area contributed by atoms with Crippen LogP contribution in [0.2, 0.25) is 0 Å². The number of rotatable bonds is 6. The van der Waals surface area contributed by atoms with E-state index in [1.807, 2.05) is 25.5 Å². The zero-order valence-electron chi connectivity index (χ0n) is 11.6.